The minimum atomic E-state index is -0.268. The molecule has 0 unspecified atom stereocenters. The molecule has 7 heteroatoms. The number of amides is 1. The fourth-order valence-electron chi connectivity index (χ4n) is 2.11. The molecule has 5 nitrogen and oxygen atoms in total. The van der Waals surface area contributed by atoms with E-state index >= 15 is 0 Å². The second kappa shape index (κ2) is 7.63. The van der Waals surface area contributed by atoms with Gasteiger partial charge in [0.1, 0.15) is 0 Å². The van der Waals surface area contributed by atoms with Crippen molar-refractivity contribution >= 4 is 39.6 Å². The van der Waals surface area contributed by atoms with Crippen LogP contribution in [-0.4, -0.2) is 21.9 Å². The highest BCUT2D eigenvalue weighted by molar-refractivity contribution is 9.10. The van der Waals surface area contributed by atoms with Crippen molar-refractivity contribution < 1.29 is 9.21 Å². The van der Waals surface area contributed by atoms with E-state index < -0.39 is 0 Å². The largest absolute Gasteiger partial charge is 0.403 e. The Morgan fingerprint density at radius 3 is 2.83 bits per heavy atom. The summed E-state index contributed by atoms with van der Waals surface area (Å²) in [6.45, 7) is 2.04. The number of carbonyl (C=O) groups excluding carboxylic acids is 1. The quantitative estimate of drug-likeness (QED) is 0.615. The molecule has 0 aliphatic rings. The number of thioether (sulfide) groups is 1. The lowest BCUT2D eigenvalue weighted by atomic mass is 10.2. The molecule has 24 heavy (non-hydrogen) atoms. The normalized spacial score (nSPS) is 10.6. The Morgan fingerprint density at radius 1 is 1.21 bits per heavy atom. The van der Waals surface area contributed by atoms with E-state index in [1.165, 1.54) is 0 Å². The van der Waals surface area contributed by atoms with Crippen LogP contribution in [0.3, 0.4) is 0 Å². The molecule has 3 rings (SSSR count). The number of halogens is 1. The Kier molecular flexibility index (Phi) is 5.32. The van der Waals surface area contributed by atoms with E-state index in [1.807, 2.05) is 49.4 Å². The maximum absolute atomic E-state index is 12.4. The molecular weight excluding hydrogens is 390 g/mol. The zero-order valence-corrected chi connectivity index (χ0v) is 15.2. The number of rotatable bonds is 5. The van der Waals surface area contributed by atoms with Crippen LogP contribution >= 0.6 is 27.7 Å². The van der Waals surface area contributed by atoms with Gasteiger partial charge in [0.05, 0.1) is 5.56 Å². The highest BCUT2D eigenvalue weighted by Crippen LogP contribution is 2.25. The number of anilines is 1. The lowest BCUT2D eigenvalue weighted by molar-refractivity contribution is 0.102. The van der Waals surface area contributed by atoms with Crippen molar-refractivity contribution in [3.63, 3.8) is 0 Å². The summed E-state index contributed by atoms with van der Waals surface area (Å²) in [6, 6.07) is 15.0. The van der Waals surface area contributed by atoms with Crippen molar-refractivity contribution in [2.24, 2.45) is 0 Å². The lowest BCUT2D eigenvalue weighted by Gasteiger charge is -2.06. The zero-order valence-electron chi connectivity index (χ0n) is 12.8. The molecule has 3 aromatic rings. The molecular formula is C17H14BrN3O2S. The third kappa shape index (κ3) is 3.85. The number of aromatic nitrogens is 2. The van der Waals surface area contributed by atoms with Crippen LogP contribution in [0.5, 0.6) is 0 Å². The van der Waals surface area contributed by atoms with Gasteiger partial charge in [-0.3, -0.25) is 10.1 Å². The average molecular weight is 404 g/mol. The number of hydrogen-bond donors (Lipinski definition) is 1. The number of hydrogen-bond acceptors (Lipinski definition) is 5. The standard InChI is InChI=1S/C17H14BrN3O2S/c1-2-24-14-9-4-3-8-13(14)15(22)19-17-21-20-16(23-17)11-6-5-7-12(18)10-11/h3-10H,2H2,1H3,(H,19,21,22). The molecule has 1 heterocycles. The van der Waals surface area contributed by atoms with Gasteiger partial charge < -0.3 is 4.42 Å². The predicted molar refractivity (Wildman–Crippen MR) is 98.2 cm³/mol. The molecule has 0 radical (unpaired) electrons. The molecule has 2 aromatic carbocycles. The molecule has 0 aliphatic carbocycles. The first-order valence-electron chi connectivity index (χ1n) is 7.30. The molecule has 122 valence electrons. The molecule has 1 N–H and O–H groups in total. The zero-order chi connectivity index (χ0) is 16.9. The van der Waals surface area contributed by atoms with Gasteiger partial charge in [0.25, 0.3) is 5.91 Å². The van der Waals surface area contributed by atoms with Gasteiger partial charge in [-0.05, 0) is 36.1 Å². The molecule has 0 spiro atoms. The van der Waals surface area contributed by atoms with Crippen LogP contribution in [-0.2, 0) is 0 Å². The van der Waals surface area contributed by atoms with E-state index in [4.69, 9.17) is 4.42 Å². The Labute approximate surface area is 152 Å². The molecule has 0 saturated carbocycles. The van der Waals surface area contributed by atoms with Crippen molar-refractivity contribution in [1.29, 1.82) is 0 Å². The summed E-state index contributed by atoms with van der Waals surface area (Å²) in [4.78, 5) is 13.4. The van der Waals surface area contributed by atoms with Gasteiger partial charge in [-0.2, -0.15) is 0 Å². The molecule has 1 aromatic heterocycles. The van der Waals surface area contributed by atoms with Gasteiger partial charge in [-0.1, -0.05) is 46.2 Å². The van der Waals surface area contributed by atoms with Crippen LogP contribution in [0, 0.1) is 0 Å². The highest BCUT2D eigenvalue weighted by atomic mass is 79.9. The third-order valence-corrected chi connectivity index (χ3v) is 4.60. The Morgan fingerprint density at radius 2 is 2.04 bits per heavy atom. The number of carbonyl (C=O) groups is 1. The first kappa shape index (κ1) is 16.7. The fraction of sp³-hybridized carbons (Fsp3) is 0.118. The SMILES string of the molecule is CCSc1ccccc1C(=O)Nc1nnc(-c2cccc(Br)c2)o1. The van der Waals surface area contributed by atoms with Gasteiger partial charge in [-0.25, -0.2) is 0 Å². The first-order valence-corrected chi connectivity index (χ1v) is 9.08. The molecule has 0 aliphatic heterocycles. The summed E-state index contributed by atoms with van der Waals surface area (Å²) in [5, 5.41) is 10.5. The van der Waals surface area contributed by atoms with Gasteiger partial charge >= 0.3 is 6.01 Å². The Bertz CT molecular complexity index is 866. The highest BCUT2D eigenvalue weighted by Gasteiger charge is 2.15. The van der Waals surface area contributed by atoms with Gasteiger partial charge in [-0.15, -0.1) is 16.9 Å². The summed E-state index contributed by atoms with van der Waals surface area (Å²) >= 11 is 5.01. The fourth-order valence-corrected chi connectivity index (χ4v) is 3.31. The molecule has 1 amide bonds. The van der Waals surface area contributed by atoms with Crippen LogP contribution in [0.15, 0.2) is 62.3 Å². The lowest BCUT2D eigenvalue weighted by Crippen LogP contribution is -2.13. The molecule has 0 bridgehead atoms. The van der Waals surface area contributed by atoms with Crippen molar-refractivity contribution in [1.82, 2.24) is 10.2 Å². The van der Waals surface area contributed by atoms with Crippen molar-refractivity contribution in [3.05, 3.63) is 58.6 Å². The van der Waals surface area contributed by atoms with E-state index in [2.05, 4.69) is 31.4 Å². The summed E-state index contributed by atoms with van der Waals surface area (Å²) in [6.07, 6.45) is 0. The van der Waals surface area contributed by atoms with Crippen LogP contribution < -0.4 is 5.32 Å². The number of nitrogens with zero attached hydrogens (tertiary/aromatic N) is 2. The van der Waals surface area contributed by atoms with E-state index in [-0.39, 0.29) is 11.9 Å². The summed E-state index contributed by atoms with van der Waals surface area (Å²) in [5.41, 5.74) is 1.37. The van der Waals surface area contributed by atoms with Gasteiger partial charge in [0.2, 0.25) is 5.89 Å². The van der Waals surface area contributed by atoms with Crippen molar-refractivity contribution in [2.75, 3.05) is 11.1 Å². The molecule has 0 fully saturated rings. The number of benzene rings is 2. The van der Waals surface area contributed by atoms with Gasteiger partial charge in [0, 0.05) is 14.9 Å². The average Bonchev–Trinajstić information content (AvgIpc) is 3.04. The van der Waals surface area contributed by atoms with Crippen molar-refractivity contribution in [3.8, 4) is 11.5 Å². The minimum Gasteiger partial charge on any atom is -0.403 e. The smallest absolute Gasteiger partial charge is 0.322 e. The van der Waals surface area contributed by atoms with E-state index in [0.29, 0.717) is 11.5 Å². The van der Waals surface area contributed by atoms with Crippen LogP contribution in [0.25, 0.3) is 11.5 Å². The summed E-state index contributed by atoms with van der Waals surface area (Å²) < 4.78 is 6.45. The van der Waals surface area contributed by atoms with Crippen LogP contribution in [0.4, 0.5) is 6.01 Å². The second-order valence-corrected chi connectivity index (χ2v) is 7.03. The number of nitrogens with one attached hydrogen (secondary N) is 1. The maximum Gasteiger partial charge on any atom is 0.322 e. The molecule has 0 atom stereocenters. The van der Waals surface area contributed by atoms with E-state index in [0.717, 1.165) is 20.7 Å². The summed E-state index contributed by atoms with van der Waals surface area (Å²) in [7, 11) is 0. The monoisotopic (exact) mass is 403 g/mol. The van der Waals surface area contributed by atoms with E-state index in [9.17, 15) is 4.79 Å². The maximum atomic E-state index is 12.4. The van der Waals surface area contributed by atoms with Crippen LogP contribution in [0.2, 0.25) is 0 Å². The Hall–Kier alpha value is -2.12. The van der Waals surface area contributed by atoms with Crippen molar-refractivity contribution in [2.45, 2.75) is 11.8 Å². The second-order valence-electron chi connectivity index (χ2n) is 4.81. The van der Waals surface area contributed by atoms with Gasteiger partial charge in [0.15, 0.2) is 0 Å². The third-order valence-electron chi connectivity index (χ3n) is 3.15. The van der Waals surface area contributed by atoms with Crippen LogP contribution in [0.1, 0.15) is 17.3 Å². The first-order chi connectivity index (χ1) is 11.7. The van der Waals surface area contributed by atoms with E-state index in [1.54, 1.807) is 17.8 Å². The minimum absolute atomic E-state index is 0.0753. The predicted octanol–water partition coefficient (Wildman–Crippen LogP) is 4.86. The summed E-state index contributed by atoms with van der Waals surface area (Å²) in [5.74, 6) is 0.969. The Balaban J connectivity index is 1.79. The topological polar surface area (TPSA) is 68.0 Å². The molecule has 0 saturated heterocycles.